The highest BCUT2D eigenvalue weighted by molar-refractivity contribution is 7.92. The first-order valence-electron chi connectivity index (χ1n) is 7.74. The third kappa shape index (κ3) is 3.91. The summed E-state index contributed by atoms with van der Waals surface area (Å²) < 4.78 is 39.3. The summed E-state index contributed by atoms with van der Waals surface area (Å²) in [5.41, 5.74) is -0.990. The number of nitrogens with one attached hydrogen (secondary N) is 1. The molecular weight excluding hydrogens is 401 g/mol. The molecule has 0 saturated carbocycles. The Hall–Kier alpha value is -2.59. The van der Waals surface area contributed by atoms with Crippen LogP contribution in [0.15, 0.2) is 29.2 Å². The molecule has 11 heteroatoms. The molecule has 2 N–H and O–H groups in total. The maximum absolute atomic E-state index is 13.3. The summed E-state index contributed by atoms with van der Waals surface area (Å²) in [5, 5.41) is 10.1. The van der Waals surface area contributed by atoms with E-state index in [1.165, 1.54) is 33.9 Å². The van der Waals surface area contributed by atoms with Gasteiger partial charge >= 0.3 is 0 Å². The molecule has 1 amide bonds. The van der Waals surface area contributed by atoms with E-state index in [0.29, 0.717) is 5.56 Å². The summed E-state index contributed by atoms with van der Waals surface area (Å²) in [7, 11) is -3.73. The summed E-state index contributed by atoms with van der Waals surface area (Å²) in [4.78, 5) is 26.3. The number of nitrogens with zero attached hydrogens (tertiary/aromatic N) is 2. The van der Waals surface area contributed by atoms with Gasteiger partial charge in [-0.05, 0) is 17.7 Å². The minimum absolute atomic E-state index is 0.0760. The Kier molecular flexibility index (Phi) is 4.87. The van der Waals surface area contributed by atoms with E-state index in [1.54, 1.807) is 0 Å². The lowest BCUT2D eigenvalue weighted by Gasteiger charge is -2.30. The number of sulfonamides is 1. The van der Waals surface area contributed by atoms with Crippen LogP contribution in [0.5, 0.6) is 5.75 Å². The molecule has 1 aromatic carbocycles. The largest absolute Gasteiger partial charge is 0.502 e. The zero-order chi connectivity index (χ0) is 19.9. The Bertz CT molecular complexity index is 1100. The van der Waals surface area contributed by atoms with Crippen LogP contribution in [-0.2, 0) is 23.1 Å². The van der Waals surface area contributed by atoms with Crippen LogP contribution in [0.25, 0.3) is 0 Å². The van der Waals surface area contributed by atoms with Gasteiger partial charge < -0.3 is 14.6 Å². The van der Waals surface area contributed by atoms with E-state index in [4.69, 9.17) is 11.6 Å². The molecule has 144 valence electrons. The van der Waals surface area contributed by atoms with Crippen LogP contribution in [0.4, 0.5) is 10.1 Å². The van der Waals surface area contributed by atoms with Crippen molar-refractivity contribution in [2.75, 3.05) is 17.5 Å². The first-order valence-corrected chi connectivity index (χ1v) is 10.0. The third-order valence-electron chi connectivity index (χ3n) is 4.01. The van der Waals surface area contributed by atoms with Crippen LogP contribution in [0, 0.1) is 5.82 Å². The van der Waals surface area contributed by atoms with Gasteiger partial charge in [0.1, 0.15) is 11.5 Å². The topological polar surface area (TPSA) is 109 Å². The van der Waals surface area contributed by atoms with Crippen molar-refractivity contribution in [3.63, 3.8) is 0 Å². The van der Waals surface area contributed by atoms with Gasteiger partial charge in [0.25, 0.3) is 5.91 Å². The molecule has 0 saturated heterocycles. The number of hydrogen-bond donors (Lipinski definition) is 2. The second kappa shape index (κ2) is 6.86. The van der Waals surface area contributed by atoms with Gasteiger partial charge in [-0.1, -0.05) is 17.7 Å². The highest BCUT2D eigenvalue weighted by atomic mass is 35.5. The number of carbonyl (C=O) groups is 1. The van der Waals surface area contributed by atoms with Crippen molar-refractivity contribution < 1.29 is 22.7 Å². The smallest absolute Gasteiger partial charge is 0.274 e. The van der Waals surface area contributed by atoms with Crippen molar-refractivity contribution in [2.24, 2.45) is 0 Å². The summed E-state index contributed by atoms with van der Waals surface area (Å²) in [6.07, 6.45) is 2.05. The SMILES string of the molecule is CS(=O)(=O)Nc1cn2c(c(O)c1=O)C(=O)N(Cc1ccc(F)c(Cl)c1)CC2. The minimum atomic E-state index is -3.73. The number of amides is 1. The van der Waals surface area contributed by atoms with Gasteiger partial charge in [0.05, 0.1) is 11.3 Å². The van der Waals surface area contributed by atoms with E-state index in [0.717, 1.165) is 6.26 Å². The summed E-state index contributed by atoms with van der Waals surface area (Å²) in [6.45, 7) is 0.569. The molecule has 1 aliphatic rings. The normalized spacial score (nSPS) is 14.2. The first-order chi connectivity index (χ1) is 12.6. The number of hydrogen-bond acceptors (Lipinski definition) is 5. The lowest BCUT2D eigenvalue weighted by Crippen LogP contribution is -2.41. The van der Waals surface area contributed by atoms with Crippen molar-refractivity contribution in [3.8, 4) is 5.75 Å². The number of aromatic hydroxyl groups is 1. The molecule has 27 heavy (non-hydrogen) atoms. The molecule has 0 radical (unpaired) electrons. The van der Waals surface area contributed by atoms with E-state index >= 15 is 0 Å². The highest BCUT2D eigenvalue weighted by Gasteiger charge is 2.30. The molecule has 1 aliphatic heterocycles. The highest BCUT2D eigenvalue weighted by Crippen LogP contribution is 2.24. The zero-order valence-corrected chi connectivity index (χ0v) is 15.6. The van der Waals surface area contributed by atoms with Gasteiger partial charge in [-0.25, -0.2) is 12.8 Å². The second-order valence-electron chi connectivity index (χ2n) is 6.11. The quantitative estimate of drug-likeness (QED) is 0.784. The zero-order valence-electron chi connectivity index (χ0n) is 14.1. The van der Waals surface area contributed by atoms with Gasteiger partial charge in [-0.15, -0.1) is 0 Å². The van der Waals surface area contributed by atoms with Crippen molar-refractivity contribution in [1.82, 2.24) is 9.47 Å². The molecule has 0 unspecified atom stereocenters. The fraction of sp³-hybridized carbons (Fsp3) is 0.250. The monoisotopic (exact) mass is 415 g/mol. The van der Waals surface area contributed by atoms with Crippen LogP contribution in [0.1, 0.15) is 16.1 Å². The number of carbonyl (C=O) groups excluding carboxylic acids is 1. The van der Waals surface area contributed by atoms with Crippen LogP contribution in [0.2, 0.25) is 5.02 Å². The maximum Gasteiger partial charge on any atom is 0.274 e. The number of pyridine rings is 1. The number of fused-ring (bicyclic) bond motifs is 1. The maximum atomic E-state index is 13.3. The molecule has 0 fully saturated rings. The number of aromatic nitrogens is 1. The van der Waals surface area contributed by atoms with E-state index < -0.39 is 32.9 Å². The average Bonchev–Trinajstić information content (AvgIpc) is 2.57. The van der Waals surface area contributed by atoms with Crippen molar-refractivity contribution in [2.45, 2.75) is 13.1 Å². The molecular formula is C16H15ClFN3O5S. The minimum Gasteiger partial charge on any atom is -0.502 e. The lowest BCUT2D eigenvalue weighted by molar-refractivity contribution is 0.0683. The molecule has 0 atom stereocenters. The fourth-order valence-corrected chi connectivity index (χ4v) is 3.56. The van der Waals surface area contributed by atoms with E-state index in [1.807, 2.05) is 4.72 Å². The van der Waals surface area contributed by atoms with Crippen LogP contribution in [-0.4, -0.2) is 41.7 Å². The predicted octanol–water partition coefficient (Wildman–Crippen LogP) is 1.37. The Balaban J connectivity index is 1.94. The Morgan fingerprint density at radius 2 is 2.00 bits per heavy atom. The number of anilines is 1. The molecule has 0 aliphatic carbocycles. The van der Waals surface area contributed by atoms with Gasteiger partial charge in [-0.3, -0.25) is 14.3 Å². The number of halogens is 2. The first kappa shape index (κ1) is 19.2. The Morgan fingerprint density at radius 3 is 2.63 bits per heavy atom. The van der Waals surface area contributed by atoms with Crippen molar-refractivity contribution in [3.05, 3.63) is 56.7 Å². The van der Waals surface area contributed by atoms with Crippen LogP contribution >= 0.6 is 11.6 Å². The van der Waals surface area contributed by atoms with Gasteiger partial charge in [0.2, 0.25) is 15.5 Å². The number of rotatable bonds is 4. The van der Waals surface area contributed by atoms with E-state index in [2.05, 4.69) is 0 Å². The second-order valence-corrected chi connectivity index (χ2v) is 8.27. The summed E-state index contributed by atoms with van der Waals surface area (Å²) in [6, 6.07) is 4.06. The lowest BCUT2D eigenvalue weighted by atomic mass is 10.1. The summed E-state index contributed by atoms with van der Waals surface area (Å²) >= 11 is 5.75. The van der Waals surface area contributed by atoms with Crippen LogP contribution in [0.3, 0.4) is 0 Å². The van der Waals surface area contributed by atoms with Crippen molar-refractivity contribution >= 4 is 33.2 Å². The Morgan fingerprint density at radius 1 is 1.30 bits per heavy atom. The van der Waals surface area contributed by atoms with Crippen molar-refractivity contribution in [1.29, 1.82) is 0 Å². The molecule has 8 nitrogen and oxygen atoms in total. The number of benzene rings is 1. The van der Waals surface area contributed by atoms with E-state index in [-0.39, 0.29) is 36.0 Å². The Labute approximate surface area is 158 Å². The van der Waals surface area contributed by atoms with Gasteiger partial charge in [0, 0.05) is 25.8 Å². The molecule has 0 bridgehead atoms. The van der Waals surface area contributed by atoms with Gasteiger partial charge in [-0.2, -0.15) is 0 Å². The predicted molar refractivity (Wildman–Crippen MR) is 97.0 cm³/mol. The molecule has 1 aromatic heterocycles. The standard InChI is InChI=1S/C16H15ClFN3O5S/c1-27(25,26)19-12-8-20-4-5-21(16(24)13(20)15(23)14(12)22)7-9-2-3-11(18)10(17)6-9/h2-3,6,8,19,23H,4-5,7H2,1H3. The average molecular weight is 416 g/mol. The molecule has 2 heterocycles. The third-order valence-corrected chi connectivity index (χ3v) is 4.89. The molecule has 0 spiro atoms. The summed E-state index contributed by atoms with van der Waals surface area (Å²) in [5.74, 6) is -2.02. The van der Waals surface area contributed by atoms with Gasteiger partial charge in [0.15, 0.2) is 11.4 Å². The molecule has 2 aromatic rings. The fourth-order valence-electron chi connectivity index (χ4n) is 2.81. The van der Waals surface area contributed by atoms with Crippen LogP contribution < -0.4 is 10.2 Å². The molecule has 3 rings (SSSR count). The van der Waals surface area contributed by atoms with E-state index in [9.17, 15) is 27.5 Å².